The summed E-state index contributed by atoms with van der Waals surface area (Å²) >= 11 is 0. The molecular weight excluding hydrogens is 458 g/mol. The number of nitrogens with one attached hydrogen (secondary N) is 2. The fourth-order valence-electron chi connectivity index (χ4n) is 3.91. The third kappa shape index (κ3) is 5.99. The van der Waals surface area contributed by atoms with Gasteiger partial charge in [0.15, 0.2) is 0 Å². The number of ether oxygens (including phenoxy) is 2. The van der Waals surface area contributed by atoms with Crippen molar-refractivity contribution in [3.05, 3.63) is 48.0 Å². The molecule has 3 rings (SSSR count). The highest BCUT2D eigenvalue weighted by molar-refractivity contribution is 7.92. The summed E-state index contributed by atoms with van der Waals surface area (Å²) in [5.41, 5.74) is 0.899. The average molecular weight is 492 g/mol. The molecule has 2 aromatic carbocycles. The van der Waals surface area contributed by atoms with Crippen molar-refractivity contribution in [2.75, 3.05) is 38.6 Å². The standard InChI is InChI=1S/C24H33N3O6S/c1-16-14-27(17(2)15-28)24(29)12-18-11-19(5-10-22(18)33-23(16)13-25-3)26-34(30,31)21-8-6-20(32-4)7-9-21/h5-11,16-17,23,25-26,28H,12-15H2,1-4H3/t16-,17+,23+/m1/s1. The second-order valence-corrected chi connectivity index (χ2v) is 10.2. The molecule has 1 heterocycles. The average Bonchev–Trinajstić information content (AvgIpc) is 2.86. The maximum absolute atomic E-state index is 13.2. The van der Waals surface area contributed by atoms with Gasteiger partial charge < -0.3 is 24.8 Å². The summed E-state index contributed by atoms with van der Waals surface area (Å²) < 4.78 is 39.7. The Kier molecular flexibility index (Phi) is 8.40. The van der Waals surface area contributed by atoms with Crippen LogP contribution in [0.4, 0.5) is 5.69 Å². The van der Waals surface area contributed by atoms with Crippen LogP contribution in [-0.2, 0) is 21.2 Å². The Balaban J connectivity index is 1.94. The van der Waals surface area contributed by atoms with Crippen molar-refractivity contribution in [2.24, 2.45) is 5.92 Å². The number of likely N-dealkylation sites (N-methyl/N-ethyl adjacent to an activating group) is 1. The molecule has 0 aliphatic carbocycles. The van der Waals surface area contributed by atoms with Gasteiger partial charge in [-0.1, -0.05) is 6.92 Å². The summed E-state index contributed by atoms with van der Waals surface area (Å²) in [6.45, 7) is 4.68. The molecular formula is C24H33N3O6S. The second-order valence-electron chi connectivity index (χ2n) is 8.55. The van der Waals surface area contributed by atoms with E-state index < -0.39 is 10.0 Å². The highest BCUT2D eigenvalue weighted by atomic mass is 32.2. The fraction of sp³-hybridized carbons (Fsp3) is 0.458. The van der Waals surface area contributed by atoms with E-state index in [1.807, 2.05) is 14.0 Å². The minimum absolute atomic E-state index is 0.00426. The van der Waals surface area contributed by atoms with Gasteiger partial charge >= 0.3 is 0 Å². The van der Waals surface area contributed by atoms with E-state index in [0.29, 0.717) is 35.8 Å². The Morgan fingerprint density at radius 2 is 1.94 bits per heavy atom. The molecule has 186 valence electrons. The molecule has 2 aromatic rings. The zero-order valence-corrected chi connectivity index (χ0v) is 20.8. The first-order valence-corrected chi connectivity index (χ1v) is 12.7. The lowest BCUT2D eigenvalue weighted by Gasteiger charge is -2.32. The predicted octanol–water partition coefficient (Wildman–Crippen LogP) is 1.86. The third-order valence-electron chi connectivity index (χ3n) is 5.94. The molecule has 3 N–H and O–H groups in total. The number of carbonyl (C=O) groups excluding carboxylic acids is 1. The number of carbonyl (C=O) groups is 1. The van der Waals surface area contributed by atoms with Crippen LogP contribution in [-0.4, -0.2) is 70.3 Å². The molecule has 1 aliphatic heterocycles. The lowest BCUT2D eigenvalue weighted by atomic mass is 10.0. The number of sulfonamides is 1. The summed E-state index contributed by atoms with van der Waals surface area (Å²) in [6, 6.07) is 10.7. The quantitative estimate of drug-likeness (QED) is 0.516. The number of rotatable bonds is 8. The Hall–Kier alpha value is -2.82. The lowest BCUT2D eigenvalue weighted by molar-refractivity contribution is -0.134. The largest absolute Gasteiger partial charge is 0.497 e. The van der Waals surface area contributed by atoms with Gasteiger partial charge in [-0.15, -0.1) is 0 Å². The minimum Gasteiger partial charge on any atom is -0.497 e. The molecule has 10 heteroatoms. The first kappa shape index (κ1) is 25.8. The van der Waals surface area contributed by atoms with Crippen LogP contribution in [0.25, 0.3) is 0 Å². The first-order valence-electron chi connectivity index (χ1n) is 11.2. The number of fused-ring (bicyclic) bond motifs is 1. The van der Waals surface area contributed by atoms with Crippen LogP contribution >= 0.6 is 0 Å². The lowest BCUT2D eigenvalue weighted by Crippen LogP contribution is -2.47. The number of aliphatic hydroxyl groups is 1. The third-order valence-corrected chi connectivity index (χ3v) is 7.34. The molecule has 0 saturated carbocycles. The molecule has 3 atom stereocenters. The van der Waals surface area contributed by atoms with Gasteiger partial charge in [0, 0.05) is 30.3 Å². The number of hydrogen-bond acceptors (Lipinski definition) is 7. The van der Waals surface area contributed by atoms with Crippen molar-refractivity contribution in [1.82, 2.24) is 10.2 Å². The zero-order chi connectivity index (χ0) is 24.9. The van der Waals surface area contributed by atoms with E-state index in [1.165, 1.54) is 19.2 Å². The monoisotopic (exact) mass is 491 g/mol. The fourth-order valence-corrected chi connectivity index (χ4v) is 4.96. The van der Waals surface area contributed by atoms with Gasteiger partial charge in [-0.25, -0.2) is 8.42 Å². The summed E-state index contributed by atoms with van der Waals surface area (Å²) in [5.74, 6) is 0.938. The number of aliphatic hydroxyl groups excluding tert-OH is 1. The molecule has 1 aliphatic rings. The Bertz CT molecular complexity index is 1090. The van der Waals surface area contributed by atoms with E-state index in [9.17, 15) is 18.3 Å². The maximum Gasteiger partial charge on any atom is 0.261 e. The topological polar surface area (TPSA) is 117 Å². The van der Waals surface area contributed by atoms with Gasteiger partial charge in [0.1, 0.15) is 17.6 Å². The first-order chi connectivity index (χ1) is 16.2. The highest BCUT2D eigenvalue weighted by Crippen LogP contribution is 2.30. The van der Waals surface area contributed by atoms with Crippen molar-refractivity contribution in [1.29, 1.82) is 0 Å². The van der Waals surface area contributed by atoms with Crippen LogP contribution in [0.1, 0.15) is 19.4 Å². The van der Waals surface area contributed by atoms with Crippen LogP contribution in [0.15, 0.2) is 47.4 Å². The van der Waals surface area contributed by atoms with Crippen molar-refractivity contribution >= 4 is 21.6 Å². The minimum atomic E-state index is -3.84. The van der Waals surface area contributed by atoms with E-state index in [1.54, 1.807) is 42.2 Å². The van der Waals surface area contributed by atoms with Gasteiger partial charge in [-0.3, -0.25) is 9.52 Å². The van der Waals surface area contributed by atoms with Crippen molar-refractivity contribution in [3.63, 3.8) is 0 Å². The Morgan fingerprint density at radius 3 is 2.56 bits per heavy atom. The number of nitrogens with zero attached hydrogens (tertiary/aromatic N) is 1. The number of hydrogen-bond donors (Lipinski definition) is 3. The number of amides is 1. The molecule has 0 radical (unpaired) electrons. The maximum atomic E-state index is 13.2. The van der Waals surface area contributed by atoms with Crippen LogP contribution in [0, 0.1) is 5.92 Å². The van der Waals surface area contributed by atoms with Crippen LogP contribution in [0.3, 0.4) is 0 Å². The predicted molar refractivity (Wildman–Crippen MR) is 130 cm³/mol. The SMILES string of the molecule is CNC[C@@H]1Oc2ccc(NS(=O)(=O)c3ccc(OC)cc3)cc2CC(=O)N([C@@H](C)CO)C[C@H]1C. The molecule has 34 heavy (non-hydrogen) atoms. The summed E-state index contributed by atoms with van der Waals surface area (Å²) in [5, 5.41) is 12.8. The summed E-state index contributed by atoms with van der Waals surface area (Å²) in [7, 11) is -0.500. The normalized spacial score (nSPS) is 19.8. The van der Waals surface area contributed by atoms with Crippen LogP contribution < -0.4 is 19.5 Å². The highest BCUT2D eigenvalue weighted by Gasteiger charge is 2.30. The van der Waals surface area contributed by atoms with Gasteiger partial charge in [0.25, 0.3) is 10.0 Å². The van der Waals surface area contributed by atoms with Crippen molar-refractivity contribution in [2.45, 2.75) is 37.3 Å². The Labute approximate surface area is 201 Å². The van der Waals surface area contributed by atoms with E-state index in [0.717, 1.165) is 0 Å². The summed E-state index contributed by atoms with van der Waals surface area (Å²) in [6.07, 6.45) is -0.193. The van der Waals surface area contributed by atoms with Gasteiger partial charge in [-0.2, -0.15) is 0 Å². The molecule has 0 aromatic heterocycles. The molecule has 0 spiro atoms. The van der Waals surface area contributed by atoms with Gasteiger partial charge in [-0.05, 0) is 56.4 Å². The number of benzene rings is 2. The molecule has 0 unspecified atom stereocenters. The zero-order valence-electron chi connectivity index (χ0n) is 19.9. The van der Waals surface area contributed by atoms with Gasteiger partial charge in [0.2, 0.25) is 5.91 Å². The van der Waals surface area contributed by atoms with Crippen molar-refractivity contribution in [3.8, 4) is 11.5 Å². The van der Waals surface area contributed by atoms with E-state index >= 15 is 0 Å². The molecule has 9 nitrogen and oxygen atoms in total. The van der Waals surface area contributed by atoms with Crippen LogP contribution in [0.5, 0.6) is 11.5 Å². The summed E-state index contributed by atoms with van der Waals surface area (Å²) in [4.78, 5) is 14.9. The van der Waals surface area contributed by atoms with Gasteiger partial charge in [0.05, 0.1) is 31.1 Å². The smallest absolute Gasteiger partial charge is 0.261 e. The molecule has 0 bridgehead atoms. The van der Waals surface area contributed by atoms with E-state index in [-0.39, 0.29) is 41.9 Å². The molecule has 1 amide bonds. The molecule has 0 saturated heterocycles. The van der Waals surface area contributed by atoms with Crippen molar-refractivity contribution < 1.29 is 27.8 Å². The molecule has 0 fully saturated rings. The number of methoxy groups -OCH3 is 1. The second kappa shape index (κ2) is 11.1. The number of anilines is 1. The van der Waals surface area contributed by atoms with E-state index in [2.05, 4.69) is 10.0 Å². The van der Waals surface area contributed by atoms with Crippen LogP contribution in [0.2, 0.25) is 0 Å². The Morgan fingerprint density at radius 1 is 1.24 bits per heavy atom. The van der Waals surface area contributed by atoms with E-state index in [4.69, 9.17) is 9.47 Å².